The van der Waals surface area contributed by atoms with Gasteiger partial charge in [-0.05, 0) is 12.5 Å². The summed E-state index contributed by atoms with van der Waals surface area (Å²) in [5.41, 5.74) is 0.508. The van der Waals surface area contributed by atoms with Crippen LogP contribution in [0.15, 0.2) is 23.0 Å². The Morgan fingerprint density at radius 2 is 2.00 bits per heavy atom. The summed E-state index contributed by atoms with van der Waals surface area (Å²) in [5, 5.41) is -0.0822. The summed E-state index contributed by atoms with van der Waals surface area (Å²) in [4.78, 5) is 14.5. The van der Waals surface area contributed by atoms with Crippen molar-refractivity contribution in [1.82, 2.24) is 4.98 Å². The highest BCUT2D eigenvalue weighted by atomic mass is 19.1. The van der Waals surface area contributed by atoms with Crippen LogP contribution in [0.4, 0.5) is 8.78 Å². The number of aromatic nitrogens is 1. The molecule has 4 heteroatoms. The highest BCUT2D eigenvalue weighted by Gasteiger charge is 2.09. The number of aromatic amines is 1. The minimum atomic E-state index is -0.820. The number of pyridine rings is 1. The molecule has 0 fully saturated rings. The van der Waals surface area contributed by atoms with Crippen LogP contribution in [-0.4, -0.2) is 4.98 Å². The van der Waals surface area contributed by atoms with Crippen molar-refractivity contribution >= 4 is 10.9 Å². The van der Waals surface area contributed by atoms with Crippen LogP contribution < -0.4 is 5.43 Å². The summed E-state index contributed by atoms with van der Waals surface area (Å²) < 4.78 is 26.4. The van der Waals surface area contributed by atoms with E-state index < -0.39 is 17.1 Å². The molecule has 0 spiro atoms. The molecule has 1 N–H and O–H groups in total. The van der Waals surface area contributed by atoms with Gasteiger partial charge in [-0.2, -0.15) is 0 Å². The summed E-state index contributed by atoms with van der Waals surface area (Å²) in [7, 11) is 0. The van der Waals surface area contributed by atoms with Crippen molar-refractivity contribution in [3.63, 3.8) is 0 Å². The van der Waals surface area contributed by atoms with Crippen LogP contribution in [0.5, 0.6) is 0 Å². The second-order valence-corrected chi connectivity index (χ2v) is 3.72. The number of aryl methyl sites for hydroxylation is 1. The molecule has 16 heavy (non-hydrogen) atoms. The van der Waals surface area contributed by atoms with Gasteiger partial charge in [-0.15, -0.1) is 0 Å². The smallest absolute Gasteiger partial charge is 0.192 e. The van der Waals surface area contributed by atoms with E-state index >= 15 is 0 Å². The topological polar surface area (TPSA) is 32.9 Å². The molecule has 1 aromatic carbocycles. The minimum absolute atomic E-state index is 0.0822. The standard InChI is InChI=1S/C12H11F2NO/c1-2-3-8-6-11(16)12-9(14)4-7(13)5-10(12)15-8/h4-6H,2-3H2,1H3,(H,15,16). The molecule has 0 bridgehead atoms. The van der Waals surface area contributed by atoms with Gasteiger partial charge in [-0.25, -0.2) is 8.78 Å². The Morgan fingerprint density at radius 3 is 2.69 bits per heavy atom. The maximum Gasteiger partial charge on any atom is 0.192 e. The molecular weight excluding hydrogens is 212 g/mol. The van der Waals surface area contributed by atoms with E-state index in [0.29, 0.717) is 12.1 Å². The monoisotopic (exact) mass is 223 g/mol. The number of H-pyrrole nitrogens is 1. The molecule has 0 unspecified atom stereocenters. The molecule has 2 aromatic rings. The molecule has 0 radical (unpaired) electrons. The van der Waals surface area contributed by atoms with E-state index in [0.717, 1.165) is 18.6 Å². The van der Waals surface area contributed by atoms with Crippen LogP contribution in [0.2, 0.25) is 0 Å². The molecule has 0 saturated heterocycles. The molecule has 84 valence electrons. The quantitative estimate of drug-likeness (QED) is 0.834. The summed E-state index contributed by atoms with van der Waals surface area (Å²) in [6, 6.07) is 3.23. The zero-order chi connectivity index (χ0) is 11.7. The van der Waals surface area contributed by atoms with Gasteiger partial charge >= 0.3 is 0 Å². The number of nitrogens with one attached hydrogen (secondary N) is 1. The maximum atomic E-state index is 13.4. The summed E-state index contributed by atoms with van der Waals surface area (Å²) in [6.45, 7) is 1.97. The van der Waals surface area contributed by atoms with Gasteiger partial charge in [0.25, 0.3) is 0 Å². The van der Waals surface area contributed by atoms with Crippen molar-refractivity contribution in [1.29, 1.82) is 0 Å². The van der Waals surface area contributed by atoms with Crippen LogP contribution in [-0.2, 0) is 6.42 Å². The van der Waals surface area contributed by atoms with Crippen molar-refractivity contribution in [3.8, 4) is 0 Å². The number of halogens is 2. The molecule has 0 saturated carbocycles. The number of rotatable bonds is 2. The lowest BCUT2D eigenvalue weighted by atomic mass is 10.1. The van der Waals surface area contributed by atoms with E-state index in [4.69, 9.17) is 0 Å². The minimum Gasteiger partial charge on any atom is -0.358 e. The van der Waals surface area contributed by atoms with Crippen molar-refractivity contribution in [2.75, 3.05) is 0 Å². The van der Waals surface area contributed by atoms with Crippen molar-refractivity contribution in [2.45, 2.75) is 19.8 Å². The average molecular weight is 223 g/mol. The number of fused-ring (bicyclic) bond motifs is 1. The first-order valence-corrected chi connectivity index (χ1v) is 5.12. The Morgan fingerprint density at radius 1 is 1.25 bits per heavy atom. The third-order valence-corrected chi connectivity index (χ3v) is 2.42. The van der Waals surface area contributed by atoms with E-state index in [-0.39, 0.29) is 10.9 Å². The molecule has 1 heterocycles. The van der Waals surface area contributed by atoms with Gasteiger partial charge in [0.1, 0.15) is 11.6 Å². The molecule has 2 nitrogen and oxygen atoms in total. The third-order valence-electron chi connectivity index (χ3n) is 2.42. The number of hydrogen-bond donors (Lipinski definition) is 1. The van der Waals surface area contributed by atoms with Gasteiger partial charge in [0, 0.05) is 17.8 Å². The fourth-order valence-corrected chi connectivity index (χ4v) is 1.77. The van der Waals surface area contributed by atoms with E-state index in [1.165, 1.54) is 6.07 Å². The molecule has 0 amide bonds. The second kappa shape index (κ2) is 4.04. The first-order valence-electron chi connectivity index (χ1n) is 5.12. The predicted octanol–water partition coefficient (Wildman–Crippen LogP) is 2.76. The molecule has 1 aromatic heterocycles. The van der Waals surface area contributed by atoms with Gasteiger partial charge in [0.05, 0.1) is 10.9 Å². The lowest BCUT2D eigenvalue weighted by molar-refractivity contribution is 0.591. The van der Waals surface area contributed by atoms with Crippen LogP contribution in [0.25, 0.3) is 10.9 Å². The van der Waals surface area contributed by atoms with Crippen LogP contribution >= 0.6 is 0 Å². The molecular formula is C12H11F2NO. The number of hydrogen-bond acceptors (Lipinski definition) is 1. The lowest BCUT2D eigenvalue weighted by Gasteiger charge is -2.04. The first kappa shape index (κ1) is 10.8. The Kier molecular flexibility index (Phi) is 2.73. The highest BCUT2D eigenvalue weighted by molar-refractivity contribution is 5.79. The van der Waals surface area contributed by atoms with Crippen LogP contribution in [0.3, 0.4) is 0 Å². The van der Waals surface area contributed by atoms with Gasteiger partial charge in [-0.1, -0.05) is 13.3 Å². The van der Waals surface area contributed by atoms with Crippen LogP contribution in [0.1, 0.15) is 19.0 Å². The molecule has 0 aliphatic heterocycles. The van der Waals surface area contributed by atoms with Crippen molar-refractivity contribution < 1.29 is 8.78 Å². The lowest BCUT2D eigenvalue weighted by Crippen LogP contribution is -2.07. The molecule has 0 aliphatic rings. The van der Waals surface area contributed by atoms with Crippen molar-refractivity contribution in [2.24, 2.45) is 0 Å². The van der Waals surface area contributed by atoms with E-state index in [1.807, 2.05) is 6.92 Å². The van der Waals surface area contributed by atoms with Gasteiger partial charge < -0.3 is 4.98 Å². The van der Waals surface area contributed by atoms with Crippen molar-refractivity contribution in [3.05, 3.63) is 45.8 Å². The third kappa shape index (κ3) is 1.83. The zero-order valence-corrected chi connectivity index (χ0v) is 8.81. The summed E-state index contributed by atoms with van der Waals surface area (Å²) >= 11 is 0. The maximum absolute atomic E-state index is 13.4. The largest absolute Gasteiger partial charge is 0.358 e. The number of benzene rings is 1. The summed E-state index contributed by atoms with van der Waals surface area (Å²) in [5.74, 6) is -1.51. The Balaban J connectivity index is 2.77. The second-order valence-electron chi connectivity index (χ2n) is 3.72. The van der Waals surface area contributed by atoms with Gasteiger partial charge in [0.2, 0.25) is 0 Å². The van der Waals surface area contributed by atoms with E-state index in [1.54, 1.807) is 0 Å². The predicted molar refractivity (Wildman–Crippen MR) is 58.5 cm³/mol. The van der Waals surface area contributed by atoms with E-state index in [9.17, 15) is 13.6 Å². The van der Waals surface area contributed by atoms with Gasteiger partial charge in [-0.3, -0.25) is 4.79 Å². The average Bonchev–Trinajstić information content (AvgIpc) is 2.15. The Hall–Kier alpha value is -1.71. The SMILES string of the molecule is CCCc1cc(=O)c2c(F)cc(F)cc2[nH]1. The Labute approximate surface area is 90.9 Å². The fraction of sp³-hybridized carbons (Fsp3) is 0.250. The van der Waals surface area contributed by atoms with Crippen LogP contribution in [0, 0.1) is 11.6 Å². The molecule has 2 rings (SSSR count). The summed E-state index contributed by atoms with van der Waals surface area (Å²) in [6.07, 6.45) is 1.54. The molecule has 0 atom stereocenters. The molecule has 0 aliphatic carbocycles. The Bertz CT molecular complexity index is 589. The zero-order valence-electron chi connectivity index (χ0n) is 8.81. The first-order chi connectivity index (χ1) is 7.61. The van der Waals surface area contributed by atoms with Gasteiger partial charge in [0.15, 0.2) is 5.43 Å². The normalized spacial score (nSPS) is 10.9. The fourth-order valence-electron chi connectivity index (χ4n) is 1.77. The highest BCUT2D eigenvalue weighted by Crippen LogP contribution is 2.15. The van der Waals surface area contributed by atoms with E-state index in [2.05, 4.69) is 4.98 Å².